The number of anilines is 1. The molecule has 2 aromatic carbocycles. The van der Waals surface area contributed by atoms with E-state index in [9.17, 15) is 0 Å². The van der Waals surface area contributed by atoms with Crippen LogP contribution in [-0.2, 0) is 6.42 Å². The largest absolute Gasteiger partial charge is 0.497 e. The third-order valence-corrected chi connectivity index (χ3v) is 7.46. The fourth-order valence-electron chi connectivity index (χ4n) is 5.40. The van der Waals surface area contributed by atoms with E-state index in [1.807, 2.05) is 42.6 Å². The van der Waals surface area contributed by atoms with Crippen LogP contribution >= 0.6 is 12.2 Å². The van der Waals surface area contributed by atoms with E-state index < -0.39 is 0 Å². The van der Waals surface area contributed by atoms with Gasteiger partial charge in [0.1, 0.15) is 11.5 Å². The molecule has 0 unspecified atom stereocenters. The highest BCUT2D eigenvalue weighted by molar-refractivity contribution is 7.80. The second-order valence-corrected chi connectivity index (χ2v) is 9.57. The lowest BCUT2D eigenvalue weighted by molar-refractivity contribution is 0.403. The molecule has 0 amide bonds. The summed E-state index contributed by atoms with van der Waals surface area (Å²) in [5, 5.41) is 4.18. The summed E-state index contributed by atoms with van der Waals surface area (Å²) in [5.41, 5.74) is 7.81. The van der Waals surface area contributed by atoms with Crippen LogP contribution in [0.1, 0.15) is 47.2 Å². The van der Waals surface area contributed by atoms with Crippen LogP contribution in [0, 0.1) is 13.8 Å². The van der Waals surface area contributed by atoms with Crippen molar-refractivity contribution in [2.75, 3.05) is 19.1 Å². The van der Waals surface area contributed by atoms with Crippen LogP contribution in [0.5, 0.6) is 11.5 Å². The van der Waals surface area contributed by atoms with Crippen molar-refractivity contribution in [3.63, 3.8) is 0 Å². The Balaban J connectivity index is 1.73. The maximum atomic E-state index is 5.96. The van der Waals surface area contributed by atoms with Crippen LogP contribution in [-0.4, -0.2) is 28.9 Å². The molecule has 0 bridgehead atoms. The Hall–Kier alpha value is -3.84. The molecule has 1 aliphatic rings. The van der Waals surface area contributed by atoms with Crippen molar-refractivity contribution in [3.05, 3.63) is 101 Å². The monoisotopic (exact) mass is 512 g/mol. The van der Waals surface area contributed by atoms with Gasteiger partial charge in [-0.15, -0.1) is 0 Å². The third kappa shape index (κ3) is 4.33. The van der Waals surface area contributed by atoms with E-state index >= 15 is 0 Å². The van der Waals surface area contributed by atoms with Gasteiger partial charge in [-0.2, -0.15) is 0 Å². The second kappa shape index (κ2) is 10.3. The average molecular weight is 513 g/mol. The number of nitrogens with one attached hydrogen (secondary N) is 1. The first-order chi connectivity index (χ1) is 18.0. The van der Waals surface area contributed by atoms with Crippen molar-refractivity contribution in [2.45, 2.75) is 39.3 Å². The van der Waals surface area contributed by atoms with Gasteiger partial charge < -0.3 is 24.3 Å². The molecule has 4 aromatic rings. The van der Waals surface area contributed by atoms with Gasteiger partial charge in [-0.1, -0.05) is 31.2 Å². The molecule has 6 nitrogen and oxygen atoms in total. The van der Waals surface area contributed by atoms with Crippen LogP contribution in [0.2, 0.25) is 0 Å². The second-order valence-electron chi connectivity index (χ2n) is 9.18. The van der Waals surface area contributed by atoms with Gasteiger partial charge in [0.15, 0.2) is 5.11 Å². The number of aromatic nitrogens is 2. The zero-order valence-corrected chi connectivity index (χ0v) is 22.7. The van der Waals surface area contributed by atoms with Gasteiger partial charge in [-0.05, 0) is 80.0 Å². The summed E-state index contributed by atoms with van der Waals surface area (Å²) in [6.45, 7) is 6.55. The summed E-state index contributed by atoms with van der Waals surface area (Å²) in [4.78, 5) is 6.85. The van der Waals surface area contributed by atoms with Gasteiger partial charge in [-0.25, -0.2) is 0 Å². The van der Waals surface area contributed by atoms with E-state index in [0.29, 0.717) is 5.11 Å². The number of nitrogens with zero attached hydrogens (tertiary/aromatic N) is 3. The quantitative estimate of drug-likeness (QED) is 0.296. The number of methoxy groups -OCH3 is 2. The smallest absolute Gasteiger partial charge is 0.174 e. The van der Waals surface area contributed by atoms with Crippen LogP contribution in [0.25, 0.3) is 5.69 Å². The molecule has 0 radical (unpaired) electrons. The van der Waals surface area contributed by atoms with Gasteiger partial charge in [0, 0.05) is 29.3 Å². The lowest BCUT2D eigenvalue weighted by Crippen LogP contribution is -2.30. The molecule has 2 aromatic heterocycles. The average Bonchev–Trinajstić information content (AvgIpc) is 3.43. The summed E-state index contributed by atoms with van der Waals surface area (Å²) in [6.07, 6.45) is 2.79. The van der Waals surface area contributed by atoms with E-state index in [1.165, 1.54) is 28.2 Å². The maximum Gasteiger partial charge on any atom is 0.174 e. The van der Waals surface area contributed by atoms with Gasteiger partial charge in [0.25, 0.3) is 0 Å². The number of para-hydroxylation sites is 1. The molecule has 7 heteroatoms. The zero-order valence-electron chi connectivity index (χ0n) is 21.9. The first kappa shape index (κ1) is 24.8. The van der Waals surface area contributed by atoms with Crippen LogP contribution in [0.3, 0.4) is 0 Å². The highest BCUT2D eigenvalue weighted by Crippen LogP contribution is 2.47. The Labute approximate surface area is 223 Å². The number of pyridine rings is 1. The van der Waals surface area contributed by atoms with E-state index in [2.05, 4.69) is 65.9 Å². The zero-order chi connectivity index (χ0) is 26.1. The summed E-state index contributed by atoms with van der Waals surface area (Å²) in [7, 11) is 3.34. The summed E-state index contributed by atoms with van der Waals surface area (Å²) in [6, 6.07) is 22.3. The number of hydrogen-bond donors (Lipinski definition) is 1. The standard InChI is InChI=1S/C30H32N4O2S/c1-6-21-11-7-8-13-25(21)33-19(2)17-23(20(33)3)29-28(24-12-9-10-16-31-24)32-30(37)34(29)26-18-22(35-4)14-15-27(26)36-5/h7-18,28-29H,6H2,1-5H3,(H,32,37)/t28-,29+/m1/s1. The number of benzene rings is 2. The molecule has 1 N–H and O–H groups in total. The van der Waals surface area contributed by atoms with Crippen molar-refractivity contribution < 1.29 is 9.47 Å². The number of thiocarbonyl (C=S) groups is 1. The molecular formula is C30H32N4O2S. The highest BCUT2D eigenvalue weighted by Gasteiger charge is 2.43. The predicted molar refractivity (Wildman–Crippen MR) is 152 cm³/mol. The number of hydrogen-bond acceptors (Lipinski definition) is 4. The normalized spacial score (nSPS) is 17.1. The molecule has 1 fully saturated rings. The minimum absolute atomic E-state index is 0.153. The van der Waals surface area contributed by atoms with Crippen molar-refractivity contribution in [2.24, 2.45) is 0 Å². The van der Waals surface area contributed by atoms with Crippen molar-refractivity contribution in [1.29, 1.82) is 0 Å². The molecular weight excluding hydrogens is 480 g/mol. The Bertz CT molecular complexity index is 1430. The van der Waals surface area contributed by atoms with Gasteiger partial charge in [0.2, 0.25) is 0 Å². The van der Waals surface area contributed by atoms with E-state index in [1.54, 1.807) is 14.2 Å². The van der Waals surface area contributed by atoms with Crippen molar-refractivity contribution in [3.8, 4) is 17.2 Å². The molecule has 0 spiro atoms. The van der Waals surface area contributed by atoms with Crippen molar-refractivity contribution in [1.82, 2.24) is 14.9 Å². The lowest BCUT2D eigenvalue weighted by Gasteiger charge is -2.29. The summed E-state index contributed by atoms with van der Waals surface area (Å²) >= 11 is 5.96. The first-order valence-corrected chi connectivity index (χ1v) is 12.9. The highest BCUT2D eigenvalue weighted by atomic mass is 32.1. The molecule has 0 aliphatic carbocycles. The van der Waals surface area contributed by atoms with Gasteiger partial charge in [0.05, 0.1) is 37.7 Å². The van der Waals surface area contributed by atoms with E-state index in [4.69, 9.17) is 26.7 Å². The lowest BCUT2D eigenvalue weighted by atomic mass is 9.96. The Kier molecular flexibility index (Phi) is 6.89. The Morgan fingerprint density at radius 3 is 2.43 bits per heavy atom. The fourth-order valence-corrected chi connectivity index (χ4v) is 5.74. The summed E-state index contributed by atoms with van der Waals surface area (Å²) in [5.74, 6) is 1.46. The molecule has 0 saturated carbocycles. The molecule has 37 heavy (non-hydrogen) atoms. The third-order valence-electron chi connectivity index (χ3n) is 7.15. The Morgan fingerprint density at radius 1 is 0.946 bits per heavy atom. The fraction of sp³-hybridized carbons (Fsp3) is 0.267. The minimum Gasteiger partial charge on any atom is -0.497 e. The summed E-state index contributed by atoms with van der Waals surface area (Å²) < 4.78 is 13.7. The van der Waals surface area contributed by atoms with Gasteiger partial charge >= 0.3 is 0 Å². The predicted octanol–water partition coefficient (Wildman–Crippen LogP) is 6.25. The number of rotatable bonds is 7. The van der Waals surface area contributed by atoms with Gasteiger partial charge in [-0.3, -0.25) is 4.98 Å². The van der Waals surface area contributed by atoms with Crippen molar-refractivity contribution >= 4 is 23.0 Å². The number of ether oxygens (including phenoxy) is 2. The molecule has 2 atom stereocenters. The van der Waals surface area contributed by atoms with Crippen LogP contribution < -0.4 is 19.7 Å². The molecule has 190 valence electrons. The van der Waals surface area contributed by atoms with Crippen LogP contribution in [0.15, 0.2) is 72.9 Å². The van der Waals surface area contributed by atoms with E-state index in [-0.39, 0.29) is 12.1 Å². The first-order valence-electron chi connectivity index (χ1n) is 12.5. The molecule has 5 rings (SSSR count). The Morgan fingerprint density at radius 2 is 1.73 bits per heavy atom. The van der Waals surface area contributed by atoms with E-state index in [0.717, 1.165) is 29.3 Å². The topological polar surface area (TPSA) is 51.6 Å². The minimum atomic E-state index is -0.155. The molecule has 1 saturated heterocycles. The maximum absolute atomic E-state index is 5.96. The number of aryl methyl sites for hydroxylation is 2. The molecule has 1 aliphatic heterocycles. The van der Waals surface area contributed by atoms with Crippen LogP contribution in [0.4, 0.5) is 5.69 Å². The molecule has 3 heterocycles. The SMILES string of the molecule is CCc1ccccc1-n1c(C)cc([C@H]2[C@@H](c3ccccn3)NC(=S)N2c2cc(OC)ccc2OC)c1C.